The van der Waals surface area contributed by atoms with Crippen LogP contribution in [-0.4, -0.2) is 71.9 Å². The maximum absolute atomic E-state index is 9.62. The van der Waals surface area contributed by atoms with E-state index in [9.17, 15) is 15.3 Å². The normalized spacial score (nSPS) is 16.3. The van der Waals surface area contributed by atoms with Crippen molar-refractivity contribution < 1.29 is 29.5 Å². The fourth-order valence-electron chi connectivity index (χ4n) is 4.64. The van der Waals surface area contributed by atoms with Gasteiger partial charge in [-0.25, -0.2) is 4.99 Å². The number of allylic oxidation sites excluding steroid dienone is 2. The molecule has 256 valence electrons. The van der Waals surface area contributed by atoms with Crippen molar-refractivity contribution in [3.63, 3.8) is 0 Å². The molecular weight excluding hydrogens is 810 g/mol. The molecule has 10 heteroatoms. The number of benzene rings is 2. The highest BCUT2D eigenvalue weighted by atomic mass is 127. The van der Waals surface area contributed by atoms with Crippen LogP contribution >= 0.6 is 45.2 Å². The van der Waals surface area contributed by atoms with E-state index in [0.717, 1.165) is 88.1 Å². The molecule has 1 aliphatic rings. The largest absolute Gasteiger partial charge is 0.494 e. The van der Waals surface area contributed by atoms with E-state index in [4.69, 9.17) is 19.9 Å². The van der Waals surface area contributed by atoms with Gasteiger partial charge in [0.1, 0.15) is 23.6 Å². The molecule has 0 saturated carbocycles. The van der Waals surface area contributed by atoms with Crippen molar-refractivity contribution in [1.29, 1.82) is 0 Å². The van der Waals surface area contributed by atoms with Crippen LogP contribution in [0.4, 0.5) is 0 Å². The Balaban J connectivity index is 0.000000322. The van der Waals surface area contributed by atoms with Crippen LogP contribution in [0.5, 0.6) is 11.5 Å². The van der Waals surface area contributed by atoms with Crippen molar-refractivity contribution >= 4 is 51.1 Å². The van der Waals surface area contributed by atoms with E-state index in [1.807, 2.05) is 47.4 Å². The third kappa shape index (κ3) is 16.4. The van der Waals surface area contributed by atoms with Gasteiger partial charge in [0.05, 0.1) is 38.6 Å². The first-order valence-corrected chi connectivity index (χ1v) is 18.5. The third-order valence-electron chi connectivity index (χ3n) is 7.75. The fourth-order valence-corrected chi connectivity index (χ4v) is 5.36. The second kappa shape index (κ2) is 23.6. The van der Waals surface area contributed by atoms with Gasteiger partial charge < -0.3 is 35.3 Å². The Morgan fingerprint density at radius 3 is 1.74 bits per heavy atom. The van der Waals surface area contributed by atoms with Gasteiger partial charge in [0.2, 0.25) is 0 Å². The van der Waals surface area contributed by atoms with Crippen LogP contribution in [0.15, 0.2) is 73.8 Å². The second-order valence-corrected chi connectivity index (χ2v) is 13.1. The van der Waals surface area contributed by atoms with Crippen molar-refractivity contribution in [2.75, 3.05) is 39.6 Å². The average molecular weight is 863 g/mol. The van der Waals surface area contributed by atoms with E-state index in [1.165, 1.54) is 5.56 Å². The van der Waals surface area contributed by atoms with Crippen LogP contribution in [-0.2, 0) is 17.6 Å². The molecular formula is C36H52I2N2O6. The van der Waals surface area contributed by atoms with Gasteiger partial charge >= 0.3 is 0 Å². The summed E-state index contributed by atoms with van der Waals surface area (Å²) >= 11 is 4.47. The zero-order chi connectivity index (χ0) is 33.5. The molecule has 0 fully saturated rings. The number of nitrogens with two attached hydrogens (primary N) is 1. The Bertz CT molecular complexity index is 1170. The van der Waals surface area contributed by atoms with Crippen molar-refractivity contribution in [2.45, 2.75) is 82.2 Å². The van der Waals surface area contributed by atoms with Gasteiger partial charge in [-0.1, -0.05) is 81.6 Å². The van der Waals surface area contributed by atoms with Gasteiger partial charge in [0.25, 0.3) is 0 Å². The highest BCUT2D eigenvalue weighted by Crippen LogP contribution is 2.25. The van der Waals surface area contributed by atoms with Crippen LogP contribution < -0.4 is 15.2 Å². The van der Waals surface area contributed by atoms with Gasteiger partial charge in [-0.15, -0.1) is 0 Å². The predicted octanol–water partition coefficient (Wildman–Crippen LogP) is 7.10. The number of unbranched alkanes of at least 4 members (excludes halogenated alkanes) is 4. The number of halogens is 2. The summed E-state index contributed by atoms with van der Waals surface area (Å²) in [6, 6.07) is 16.1. The van der Waals surface area contributed by atoms with Crippen LogP contribution in [0.25, 0.3) is 0 Å². The summed E-state index contributed by atoms with van der Waals surface area (Å²) in [6.45, 7) is 3.40. The summed E-state index contributed by atoms with van der Waals surface area (Å²) in [5, 5.41) is 28.0. The maximum atomic E-state index is 9.62. The lowest BCUT2D eigenvalue weighted by Gasteiger charge is -2.24. The van der Waals surface area contributed by atoms with E-state index < -0.39 is 11.1 Å². The van der Waals surface area contributed by atoms with Gasteiger partial charge in [-0.3, -0.25) is 0 Å². The minimum atomic E-state index is -0.901. The first-order valence-electron chi connectivity index (χ1n) is 16.1. The number of aliphatic hydroxyl groups excluding tert-OH is 3. The molecule has 1 aliphatic heterocycles. The Labute approximate surface area is 302 Å². The number of nitrogens with zero attached hydrogens (tertiary/aromatic N) is 1. The van der Waals surface area contributed by atoms with Crippen LogP contribution in [0.3, 0.4) is 0 Å². The lowest BCUT2D eigenvalue weighted by atomic mass is 9.94. The summed E-state index contributed by atoms with van der Waals surface area (Å²) in [5.74, 6) is 2.46. The summed E-state index contributed by atoms with van der Waals surface area (Å²) < 4.78 is 21.0. The van der Waals surface area contributed by atoms with E-state index in [2.05, 4.69) is 78.5 Å². The second-order valence-electron chi connectivity index (χ2n) is 11.7. The zero-order valence-electron chi connectivity index (χ0n) is 27.1. The number of ether oxygens (including phenoxy) is 3. The molecule has 0 saturated heterocycles. The molecule has 46 heavy (non-hydrogen) atoms. The van der Waals surface area contributed by atoms with E-state index in [0.29, 0.717) is 18.9 Å². The molecule has 1 heterocycles. The minimum absolute atomic E-state index is 0.0261. The Morgan fingerprint density at radius 1 is 0.826 bits per heavy atom. The first-order chi connectivity index (χ1) is 22.3. The monoisotopic (exact) mass is 862 g/mol. The minimum Gasteiger partial charge on any atom is -0.494 e. The molecule has 2 aromatic carbocycles. The molecule has 1 atom stereocenters. The van der Waals surface area contributed by atoms with Crippen LogP contribution in [0.1, 0.15) is 69.4 Å². The fraction of sp³-hybridized carbons (Fsp3) is 0.528. The van der Waals surface area contributed by atoms with Crippen LogP contribution in [0, 0.1) is 0 Å². The first kappa shape index (κ1) is 40.5. The smallest absolute Gasteiger partial charge is 0.180 e. The van der Waals surface area contributed by atoms with E-state index in [1.54, 1.807) is 0 Å². The van der Waals surface area contributed by atoms with E-state index in [-0.39, 0.29) is 19.8 Å². The molecule has 0 radical (unpaired) electrons. The molecule has 1 unspecified atom stereocenters. The summed E-state index contributed by atoms with van der Waals surface area (Å²) in [7, 11) is 0. The molecule has 0 spiro atoms. The van der Waals surface area contributed by atoms with Gasteiger partial charge in [-0.2, -0.15) is 0 Å². The Morgan fingerprint density at radius 2 is 1.33 bits per heavy atom. The summed E-state index contributed by atoms with van der Waals surface area (Å²) in [6.07, 6.45) is 13.9. The number of hydrogen-bond acceptors (Lipinski definition) is 8. The van der Waals surface area contributed by atoms with E-state index >= 15 is 0 Å². The van der Waals surface area contributed by atoms with Gasteiger partial charge in [0, 0.05) is 6.92 Å². The molecule has 0 aliphatic carbocycles. The zero-order valence-corrected chi connectivity index (χ0v) is 31.4. The number of aryl methyl sites for hydroxylation is 2. The highest BCUT2D eigenvalue weighted by molar-refractivity contribution is 14.1. The molecule has 5 N–H and O–H groups in total. The van der Waals surface area contributed by atoms with Crippen molar-refractivity contribution in [3.8, 4) is 11.5 Å². The maximum Gasteiger partial charge on any atom is 0.180 e. The quantitative estimate of drug-likeness (QED) is 0.0780. The van der Waals surface area contributed by atoms with Crippen molar-refractivity contribution in [3.05, 3.63) is 80.0 Å². The van der Waals surface area contributed by atoms with Crippen molar-refractivity contribution in [1.82, 2.24) is 0 Å². The topological polar surface area (TPSA) is 127 Å². The average Bonchev–Trinajstić information content (AvgIpc) is 3.48. The molecule has 8 nitrogen and oxygen atoms in total. The molecule has 3 rings (SSSR count). The summed E-state index contributed by atoms with van der Waals surface area (Å²) in [4.78, 5) is 4.46. The number of hydrogen-bond donors (Lipinski definition) is 4. The standard InChI is InChI=1S/C19H26INO3.C17H26INO3/c1-16-21-19(14-22,15-24-16)11-10-17-6-8-18(9-7-17)23-13-5-3-2-4-12-20;18-11-3-1-2-4-12-22-16-7-5-15(6-8-16)9-10-17(19,13-20)14-21/h4,6-9,12,22H,2-3,5,10-11,13-15H2,1H3;3,5-8,11,20-21H,1-2,4,9-10,12-14,19H2/b12-4+;11-3+. The predicted molar refractivity (Wildman–Crippen MR) is 205 cm³/mol. The molecule has 0 bridgehead atoms. The SMILES string of the molecule is CC1=NC(CO)(CCc2ccc(OCCCC/C=C/I)cc2)CO1.NC(CO)(CO)CCc1ccc(OCCCC/C=C/I)cc1. The van der Waals surface area contributed by atoms with Crippen molar-refractivity contribution in [2.24, 2.45) is 10.7 Å². The number of aliphatic imine (C=N–C) groups is 1. The molecule has 2 aromatic rings. The lowest BCUT2D eigenvalue weighted by molar-refractivity contribution is 0.115. The van der Waals surface area contributed by atoms with Gasteiger partial charge in [0.15, 0.2) is 5.90 Å². The Kier molecular flexibility index (Phi) is 20.8. The molecule has 0 amide bonds. The highest BCUT2D eigenvalue weighted by Gasteiger charge is 2.34. The number of aliphatic hydroxyl groups is 3. The van der Waals surface area contributed by atoms with Crippen LogP contribution in [0.2, 0.25) is 0 Å². The number of rotatable bonds is 21. The third-order valence-corrected chi connectivity index (χ3v) is 8.77. The molecule has 0 aromatic heterocycles. The van der Waals surface area contributed by atoms with Gasteiger partial charge in [-0.05, 0) is 108 Å². The summed E-state index contributed by atoms with van der Waals surface area (Å²) in [5.41, 5.74) is 6.84. The lowest BCUT2D eigenvalue weighted by Crippen LogP contribution is -2.47. The Hall–Kier alpha value is -1.71.